The summed E-state index contributed by atoms with van der Waals surface area (Å²) in [6.07, 6.45) is 0.273. The highest BCUT2D eigenvalue weighted by atomic mass is 35.5. The molecule has 2 aromatic carbocycles. The fourth-order valence-electron chi connectivity index (χ4n) is 2.27. The highest BCUT2D eigenvalue weighted by molar-refractivity contribution is 6.33. The van der Waals surface area contributed by atoms with Crippen LogP contribution in [0.2, 0.25) is 5.02 Å². The highest BCUT2D eigenvalue weighted by Crippen LogP contribution is 2.33. The second-order valence-corrected chi connectivity index (χ2v) is 5.18. The quantitative estimate of drug-likeness (QED) is 0.907. The number of anilines is 2. The Balaban J connectivity index is 1.83. The highest BCUT2D eigenvalue weighted by Gasteiger charge is 2.19. The summed E-state index contributed by atoms with van der Waals surface area (Å²) in [5.41, 5.74) is 1.96. The van der Waals surface area contributed by atoms with Gasteiger partial charge in [0.25, 0.3) is 0 Å². The van der Waals surface area contributed by atoms with E-state index in [1.165, 1.54) is 18.2 Å². The van der Waals surface area contributed by atoms with Crippen LogP contribution in [0.5, 0.6) is 0 Å². The first-order valence-corrected chi connectivity index (χ1v) is 6.71. The normalized spacial score (nSPS) is 13.0. The van der Waals surface area contributed by atoms with Gasteiger partial charge in [-0.1, -0.05) is 17.7 Å². The van der Waals surface area contributed by atoms with Gasteiger partial charge in [0.05, 0.1) is 17.1 Å². The van der Waals surface area contributed by atoms with E-state index in [-0.39, 0.29) is 24.4 Å². The molecule has 0 bridgehead atoms. The van der Waals surface area contributed by atoms with Crippen molar-refractivity contribution >= 4 is 28.9 Å². The van der Waals surface area contributed by atoms with E-state index in [0.29, 0.717) is 16.4 Å². The van der Waals surface area contributed by atoms with Gasteiger partial charge in [0.1, 0.15) is 11.6 Å². The fraction of sp³-hybridized carbons (Fsp3) is 0.133. The summed E-state index contributed by atoms with van der Waals surface area (Å²) in [6.45, 7) is -0.0294. The first kappa shape index (κ1) is 13.8. The molecule has 0 saturated heterocycles. The summed E-state index contributed by atoms with van der Waals surface area (Å²) in [5.74, 6) is -1.33. The molecule has 0 radical (unpaired) electrons. The van der Waals surface area contributed by atoms with Crippen LogP contribution >= 0.6 is 11.6 Å². The maximum atomic E-state index is 13.6. The van der Waals surface area contributed by atoms with Crippen LogP contribution in [-0.4, -0.2) is 5.91 Å². The molecule has 1 amide bonds. The van der Waals surface area contributed by atoms with Crippen LogP contribution in [0.25, 0.3) is 0 Å². The van der Waals surface area contributed by atoms with E-state index < -0.39 is 11.6 Å². The van der Waals surface area contributed by atoms with Gasteiger partial charge < -0.3 is 10.6 Å². The zero-order chi connectivity index (χ0) is 15.0. The van der Waals surface area contributed by atoms with Crippen LogP contribution in [0, 0.1) is 11.6 Å². The lowest BCUT2D eigenvalue weighted by atomic mass is 10.1. The Morgan fingerprint density at radius 3 is 2.67 bits per heavy atom. The van der Waals surface area contributed by atoms with Crippen LogP contribution in [0.1, 0.15) is 11.1 Å². The van der Waals surface area contributed by atoms with Crippen LogP contribution in [-0.2, 0) is 17.8 Å². The van der Waals surface area contributed by atoms with Crippen LogP contribution in [0.3, 0.4) is 0 Å². The second kappa shape index (κ2) is 5.33. The van der Waals surface area contributed by atoms with Gasteiger partial charge in [-0.05, 0) is 29.8 Å². The third kappa shape index (κ3) is 2.69. The summed E-state index contributed by atoms with van der Waals surface area (Å²) in [5, 5.41) is 5.97. The molecule has 0 aliphatic carbocycles. The Hall–Kier alpha value is -2.14. The van der Waals surface area contributed by atoms with Gasteiger partial charge in [-0.25, -0.2) is 8.78 Å². The van der Waals surface area contributed by atoms with Crippen molar-refractivity contribution in [2.75, 3.05) is 10.6 Å². The monoisotopic (exact) mass is 308 g/mol. The molecular weight excluding hydrogens is 298 g/mol. The maximum absolute atomic E-state index is 13.6. The molecule has 2 aromatic rings. The van der Waals surface area contributed by atoms with E-state index in [1.807, 2.05) is 0 Å². The van der Waals surface area contributed by atoms with Crippen molar-refractivity contribution in [3.8, 4) is 0 Å². The number of rotatable bonds is 3. The minimum atomic E-state index is -0.614. The van der Waals surface area contributed by atoms with Crippen molar-refractivity contribution in [1.29, 1.82) is 0 Å². The topological polar surface area (TPSA) is 41.1 Å². The Kier molecular flexibility index (Phi) is 3.51. The zero-order valence-corrected chi connectivity index (χ0v) is 11.6. The van der Waals surface area contributed by atoms with Crippen LogP contribution in [0.4, 0.5) is 20.2 Å². The number of hydrogen-bond donors (Lipinski definition) is 2. The molecule has 0 saturated carbocycles. The Bertz CT molecular complexity index is 714. The van der Waals surface area contributed by atoms with Crippen molar-refractivity contribution in [3.63, 3.8) is 0 Å². The SMILES string of the molecule is O=C1Cc2cc(NCc3c(F)cccc3F)c(Cl)cc2N1. The molecule has 0 spiro atoms. The predicted octanol–water partition coefficient (Wildman–Crippen LogP) is 3.72. The minimum Gasteiger partial charge on any atom is -0.380 e. The van der Waals surface area contributed by atoms with Crippen LogP contribution < -0.4 is 10.6 Å². The van der Waals surface area contributed by atoms with Crippen LogP contribution in [0.15, 0.2) is 30.3 Å². The van der Waals surface area contributed by atoms with E-state index in [1.54, 1.807) is 12.1 Å². The zero-order valence-electron chi connectivity index (χ0n) is 10.8. The third-order valence-electron chi connectivity index (χ3n) is 3.34. The number of hydrogen-bond acceptors (Lipinski definition) is 2. The molecule has 0 fully saturated rings. The molecule has 0 unspecified atom stereocenters. The van der Waals surface area contributed by atoms with Crippen molar-refractivity contribution in [1.82, 2.24) is 0 Å². The first-order chi connectivity index (χ1) is 10.0. The summed E-state index contributed by atoms with van der Waals surface area (Å²) in [6, 6.07) is 7.06. The van der Waals surface area contributed by atoms with Gasteiger partial charge >= 0.3 is 0 Å². The first-order valence-electron chi connectivity index (χ1n) is 6.33. The number of carbonyl (C=O) groups excluding carboxylic acids is 1. The standard InChI is InChI=1S/C15H11ClF2N2O/c16-10-6-13-8(5-15(21)20-13)4-14(10)19-7-9-11(17)2-1-3-12(9)18/h1-4,6,19H,5,7H2,(H,20,21). The number of nitrogens with one attached hydrogen (secondary N) is 2. The Labute approximate surface area is 124 Å². The lowest BCUT2D eigenvalue weighted by Crippen LogP contribution is -2.05. The summed E-state index contributed by atoms with van der Waals surface area (Å²) < 4.78 is 27.1. The minimum absolute atomic E-state index is 0.0294. The number of benzene rings is 2. The van der Waals surface area contributed by atoms with Gasteiger partial charge in [-0.3, -0.25) is 4.79 Å². The number of halogens is 3. The van der Waals surface area contributed by atoms with Gasteiger partial charge in [-0.2, -0.15) is 0 Å². The van der Waals surface area contributed by atoms with Gasteiger partial charge in [0.15, 0.2) is 0 Å². The second-order valence-electron chi connectivity index (χ2n) is 4.77. The van der Waals surface area contributed by atoms with Crippen molar-refractivity contribution < 1.29 is 13.6 Å². The largest absolute Gasteiger partial charge is 0.380 e. The number of carbonyl (C=O) groups is 1. The molecular formula is C15H11ClF2N2O. The number of amides is 1. The van der Waals surface area contributed by atoms with E-state index in [9.17, 15) is 13.6 Å². The summed E-state index contributed by atoms with van der Waals surface area (Å²) >= 11 is 6.10. The smallest absolute Gasteiger partial charge is 0.228 e. The van der Waals surface area contributed by atoms with E-state index in [4.69, 9.17) is 11.6 Å². The number of fused-ring (bicyclic) bond motifs is 1. The van der Waals surface area contributed by atoms with Gasteiger partial charge in [-0.15, -0.1) is 0 Å². The van der Waals surface area contributed by atoms with Crippen molar-refractivity contribution in [2.24, 2.45) is 0 Å². The molecule has 6 heteroatoms. The molecule has 1 heterocycles. The van der Waals surface area contributed by atoms with E-state index in [2.05, 4.69) is 10.6 Å². The van der Waals surface area contributed by atoms with Gasteiger partial charge in [0, 0.05) is 17.8 Å². The molecule has 3 nitrogen and oxygen atoms in total. The van der Waals surface area contributed by atoms with E-state index >= 15 is 0 Å². The van der Waals surface area contributed by atoms with Crippen molar-refractivity contribution in [3.05, 3.63) is 58.1 Å². The Morgan fingerprint density at radius 2 is 1.95 bits per heavy atom. The molecule has 1 aliphatic rings. The third-order valence-corrected chi connectivity index (χ3v) is 3.65. The molecule has 1 aliphatic heterocycles. The average Bonchev–Trinajstić information content (AvgIpc) is 2.77. The molecule has 0 atom stereocenters. The van der Waals surface area contributed by atoms with E-state index in [0.717, 1.165) is 5.56 Å². The Morgan fingerprint density at radius 1 is 1.24 bits per heavy atom. The van der Waals surface area contributed by atoms with Gasteiger partial charge in [0.2, 0.25) is 5.91 Å². The molecule has 21 heavy (non-hydrogen) atoms. The summed E-state index contributed by atoms with van der Waals surface area (Å²) in [4.78, 5) is 11.3. The molecule has 0 aromatic heterocycles. The lowest BCUT2D eigenvalue weighted by Gasteiger charge is -2.11. The molecule has 2 N–H and O–H groups in total. The lowest BCUT2D eigenvalue weighted by molar-refractivity contribution is -0.115. The fourth-order valence-corrected chi connectivity index (χ4v) is 2.50. The predicted molar refractivity (Wildman–Crippen MR) is 77.5 cm³/mol. The summed E-state index contributed by atoms with van der Waals surface area (Å²) in [7, 11) is 0. The molecule has 3 rings (SSSR count). The maximum Gasteiger partial charge on any atom is 0.228 e. The average molecular weight is 309 g/mol. The van der Waals surface area contributed by atoms with Crippen molar-refractivity contribution in [2.45, 2.75) is 13.0 Å². The molecule has 108 valence electrons.